The van der Waals surface area contributed by atoms with Gasteiger partial charge in [0.25, 0.3) is 0 Å². The number of aromatic nitrogens is 2. The van der Waals surface area contributed by atoms with Gasteiger partial charge in [0.15, 0.2) is 11.5 Å². The Hall–Kier alpha value is -2.16. The van der Waals surface area contributed by atoms with Gasteiger partial charge in [-0.05, 0) is 44.6 Å². The molecule has 0 spiro atoms. The summed E-state index contributed by atoms with van der Waals surface area (Å²) >= 11 is 0. The number of nitrogens with zero attached hydrogens (tertiary/aromatic N) is 4. The van der Waals surface area contributed by atoms with Gasteiger partial charge in [-0.25, -0.2) is 0 Å². The molecule has 1 aromatic carbocycles. The lowest BCUT2D eigenvalue weighted by atomic mass is 9.94. The van der Waals surface area contributed by atoms with Crippen molar-refractivity contribution in [2.45, 2.75) is 64.3 Å². The topological polar surface area (TPSA) is 84.1 Å². The fourth-order valence-electron chi connectivity index (χ4n) is 4.17. The first-order chi connectivity index (χ1) is 14.9. The predicted octanol–water partition coefficient (Wildman–Crippen LogP) is 3.02. The van der Waals surface area contributed by atoms with Gasteiger partial charge in [0, 0.05) is 26.1 Å². The van der Waals surface area contributed by atoms with Crippen LogP contribution in [0.4, 0.5) is 0 Å². The summed E-state index contributed by atoms with van der Waals surface area (Å²) in [5.41, 5.74) is 1.08. The highest BCUT2D eigenvalue weighted by molar-refractivity contribution is 5.43. The van der Waals surface area contributed by atoms with Crippen LogP contribution in [0.5, 0.6) is 11.5 Å². The van der Waals surface area contributed by atoms with Crippen molar-refractivity contribution >= 4 is 0 Å². The Morgan fingerprint density at radius 3 is 2.58 bits per heavy atom. The average Bonchev–Trinajstić information content (AvgIpc) is 3.17. The number of methoxy groups -OCH3 is 1. The lowest BCUT2D eigenvalue weighted by molar-refractivity contribution is 0.0553. The number of hydrogen-bond donors (Lipinski definition) is 1. The minimum atomic E-state index is -0.541. The molecule has 172 valence electrons. The molecule has 1 atom stereocenters. The van der Waals surface area contributed by atoms with Crippen LogP contribution in [0, 0.1) is 6.92 Å². The van der Waals surface area contributed by atoms with Crippen LogP contribution in [0.2, 0.25) is 0 Å². The molecule has 0 amide bonds. The zero-order valence-electron chi connectivity index (χ0n) is 19.2. The molecule has 2 aromatic rings. The number of aryl methyl sites for hydroxylation is 1. The van der Waals surface area contributed by atoms with Gasteiger partial charge in [-0.3, -0.25) is 4.90 Å². The normalized spacial score (nSPS) is 16.1. The quantitative estimate of drug-likeness (QED) is 0.580. The summed E-state index contributed by atoms with van der Waals surface area (Å²) in [6.45, 7) is 3.91. The summed E-state index contributed by atoms with van der Waals surface area (Å²) in [7, 11) is 5.72. The summed E-state index contributed by atoms with van der Waals surface area (Å²) < 4.78 is 16.8. The molecular formula is C23H36N4O4. The monoisotopic (exact) mass is 432 g/mol. The maximum absolute atomic E-state index is 10.5. The molecule has 1 aliphatic carbocycles. The van der Waals surface area contributed by atoms with E-state index in [2.05, 4.69) is 27.0 Å². The van der Waals surface area contributed by atoms with Crippen LogP contribution < -0.4 is 9.47 Å². The zero-order valence-corrected chi connectivity index (χ0v) is 19.2. The number of aliphatic hydroxyl groups is 1. The van der Waals surface area contributed by atoms with Crippen LogP contribution in [0.15, 0.2) is 22.6 Å². The summed E-state index contributed by atoms with van der Waals surface area (Å²) in [6.07, 6.45) is 5.81. The maximum Gasteiger partial charge on any atom is 0.230 e. The Balaban J connectivity index is 1.49. The minimum Gasteiger partial charge on any atom is -0.493 e. The van der Waals surface area contributed by atoms with E-state index in [4.69, 9.17) is 13.9 Å². The first-order valence-electron chi connectivity index (χ1n) is 11.1. The molecule has 3 rings (SSSR count). The Bertz CT molecular complexity index is 807. The van der Waals surface area contributed by atoms with Crippen molar-refractivity contribution in [1.29, 1.82) is 0 Å². The number of rotatable bonds is 11. The third-order valence-electron chi connectivity index (χ3n) is 5.78. The zero-order chi connectivity index (χ0) is 22.2. The number of ether oxygens (including phenoxy) is 2. The van der Waals surface area contributed by atoms with Crippen LogP contribution in [0.3, 0.4) is 0 Å². The van der Waals surface area contributed by atoms with E-state index in [9.17, 15) is 5.11 Å². The van der Waals surface area contributed by atoms with E-state index in [0.29, 0.717) is 49.0 Å². The van der Waals surface area contributed by atoms with E-state index < -0.39 is 6.10 Å². The van der Waals surface area contributed by atoms with Gasteiger partial charge in [-0.1, -0.05) is 25.3 Å². The van der Waals surface area contributed by atoms with Crippen molar-refractivity contribution in [2.75, 3.05) is 34.4 Å². The van der Waals surface area contributed by atoms with Crippen LogP contribution in [-0.2, 0) is 13.1 Å². The van der Waals surface area contributed by atoms with E-state index in [0.717, 1.165) is 5.56 Å². The third-order valence-corrected chi connectivity index (χ3v) is 5.78. The molecular weight excluding hydrogens is 396 g/mol. The molecule has 0 saturated heterocycles. The predicted molar refractivity (Wildman–Crippen MR) is 118 cm³/mol. The van der Waals surface area contributed by atoms with Crippen molar-refractivity contribution in [3.8, 4) is 11.5 Å². The average molecular weight is 433 g/mol. The third kappa shape index (κ3) is 7.19. The Morgan fingerprint density at radius 2 is 1.90 bits per heavy atom. The standard InChI is InChI=1S/C23H36N4O4/c1-17-24-25-23(31-17)15-26(2)13-18-10-11-21(22(12-18)29-4)30-16-20(28)14-27(3)19-8-6-5-7-9-19/h10-12,19-20,28H,5-9,13-16H2,1-4H3/t20-/m0/s1. The van der Waals surface area contributed by atoms with Gasteiger partial charge >= 0.3 is 0 Å². The summed E-state index contributed by atoms with van der Waals surface area (Å²) in [6, 6.07) is 6.45. The fourth-order valence-corrected chi connectivity index (χ4v) is 4.17. The highest BCUT2D eigenvalue weighted by atomic mass is 16.5. The highest BCUT2D eigenvalue weighted by Crippen LogP contribution is 2.29. The van der Waals surface area contributed by atoms with Crippen LogP contribution >= 0.6 is 0 Å². The molecule has 0 radical (unpaired) electrons. The van der Waals surface area contributed by atoms with Crippen molar-refractivity contribution in [1.82, 2.24) is 20.0 Å². The van der Waals surface area contributed by atoms with Crippen molar-refractivity contribution in [2.24, 2.45) is 0 Å². The lowest BCUT2D eigenvalue weighted by Gasteiger charge is -2.32. The van der Waals surface area contributed by atoms with Crippen molar-refractivity contribution < 1.29 is 19.0 Å². The first-order valence-corrected chi connectivity index (χ1v) is 11.1. The van der Waals surface area contributed by atoms with Gasteiger partial charge in [-0.2, -0.15) is 0 Å². The first kappa shape index (κ1) is 23.5. The molecule has 1 N–H and O–H groups in total. The lowest BCUT2D eigenvalue weighted by Crippen LogP contribution is -2.40. The molecule has 0 aliphatic heterocycles. The molecule has 1 fully saturated rings. The second-order valence-corrected chi connectivity index (χ2v) is 8.57. The van der Waals surface area contributed by atoms with Crippen molar-refractivity contribution in [3.63, 3.8) is 0 Å². The molecule has 1 heterocycles. The molecule has 31 heavy (non-hydrogen) atoms. The molecule has 8 nitrogen and oxygen atoms in total. The van der Waals surface area contributed by atoms with Crippen LogP contribution in [0.1, 0.15) is 49.4 Å². The maximum atomic E-state index is 10.5. The molecule has 1 aliphatic rings. The second kappa shape index (κ2) is 11.5. The van der Waals surface area contributed by atoms with Gasteiger partial charge in [0.2, 0.25) is 11.8 Å². The van der Waals surface area contributed by atoms with Gasteiger partial charge in [0.05, 0.1) is 13.7 Å². The van der Waals surface area contributed by atoms with Gasteiger partial charge in [0.1, 0.15) is 12.7 Å². The summed E-state index contributed by atoms with van der Waals surface area (Å²) in [4.78, 5) is 4.36. The van der Waals surface area contributed by atoms with Crippen LogP contribution in [-0.4, -0.2) is 71.6 Å². The molecule has 0 bridgehead atoms. The summed E-state index contributed by atoms with van der Waals surface area (Å²) in [5, 5.41) is 18.4. The Morgan fingerprint density at radius 1 is 1.13 bits per heavy atom. The van der Waals surface area contributed by atoms with E-state index in [1.165, 1.54) is 32.1 Å². The minimum absolute atomic E-state index is 0.239. The SMILES string of the molecule is COc1cc(CN(C)Cc2nnc(C)o2)ccc1OC[C@@H](O)CN(C)C1CCCCC1. The summed E-state index contributed by atoms with van der Waals surface area (Å²) in [5.74, 6) is 2.46. The van der Waals surface area contributed by atoms with E-state index in [1.54, 1.807) is 14.0 Å². The fraction of sp³-hybridized carbons (Fsp3) is 0.652. The molecule has 8 heteroatoms. The van der Waals surface area contributed by atoms with E-state index in [-0.39, 0.29) is 6.61 Å². The Labute approximate surface area is 185 Å². The number of benzene rings is 1. The smallest absolute Gasteiger partial charge is 0.230 e. The molecule has 0 unspecified atom stereocenters. The van der Waals surface area contributed by atoms with Gasteiger partial charge in [-0.15, -0.1) is 10.2 Å². The molecule has 1 saturated carbocycles. The number of hydrogen-bond acceptors (Lipinski definition) is 8. The highest BCUT2D eigenvalue weighted by Gasteiger charge is 2.20. The Kier molecular flexibility index (Phi) is 8.69. The van der Waals surface area contributed by atoms with Crippen molar-refractivity contribution in [3.05, 3.63) is 35.5 Å². The van der Waals surface area contributed by atoms with Gasteiger partial charge < -0.3 is 23.9 Å². The van der Waals surface area contributed by atoms with Crippen LogP contribution in [0.25, 0.3) is 0 Å². The number of aliphatic hydroxyl groups excluding tert-OH is 1. The molecule has 1 aromatic heterocycles. The largest absolute Gasteiger partial charge is 0.493 e. The van der Waals surface area contributed by atoms with E-state index >= 15 is 0 Å². The van der Waals surface area contributed by atoms with E-state index in [1.807, 2.05) is 25.2 Å². The number of likely N-dealkylation sites (N-methyl/N-ethyl adjacent to an activating group) is 1. The second-order valence-electron chi connectivity index (χ2n) is 8.57.